The van der Waals surface area contributed by atoms with Gasteiger partial charge in [-0.05, 0) is 25.2 Å². The van der Waals surface area contributed by atoms with Crippen molar-refractivity contribution in [2.24, 2.45) is 11.8 Å². The van der Waals surface area contributed by atoms with Gasteiger partial charge in [-0.25, -0.2) is 4.79 Å². The van der Waals surface area contributed by atoms with E-state index < -0.39 is 0 Å². The molecule has 12 heavy (non-hydrogen) atoms. The highest BCUT2D eigenvalue weighted by atomic mass is 16.5. The maximum absolute atomic E-state index is 10.8. The van der Waals surface area contributed by atoms with Gasteiger partial charge in [-0.15, -0.1) is 6.58 Å². The average Bonchev–Trinajstić information content (AvgIpc) is 2.80. The Morgan fingerprint density at radius 3 is 2.92 bits per heavy atom. The van der Waals surface area contributed by atoms with Crippen molar-refractivity contribution in [1.29, 1.82) is 0 Å². The van der Waals surface area contributed by atoms with E-state index >= 15 is 0 Å². The first-order chi connectivity index (χ1) is 5.77. The van der Waals surface area contributed by atoms with Gasteiger partial charge in [0.25, 0.3) is 0 Å². The second-order valence-corrected chi connectivity index (χ2v) is 2.91. The van der Waals surface area contributed by atoms with Crippen LogP contribution in [0.3, 0.4) is 0 Å². The van der Waals surface area contributed by atoms with E-state index in [4.69, 9.17) is 4.74 Å². The normalized spacial score (nSPS) is 27.1. The summed E-state index contributed by atoms with van der Waals surface area (Å²) in [5, 5.41) is 0. The number of ether oxygens (including phenoxy) is 1. The van der Waals surface area contributed by atoms with Crippen molar-refractivity contribution in [2.45, 2.75) is 13.3 Å². The predicted octanol–water partition coefficient (Wildman–Crippen LogP) is 1.93. The molecule has 0 spiro atoms. The molecule has 66 valence electrons. The summed E-state index contributed by atoms with van der Waals surface area (Å²) in [5.41, 5.74) is 0. The Labute approximate surface area is 72.9 Å². The summed E-state index contributed by atoms with van der Waals surface area (Å²) < 4.78 is 4.74. The lowest BCUT2D eigenvalue weighted by atomic mass is 10.3. The molecular weight excluding hydrogens is 152 g/mol. The predicted molar refractivity (Wildman–Crippen MR) is 47.6 cm³/mol. The smallest absolute Gasteiger partial charge is 0.330 e. The van der Waals surface area contributed by atoms with Crippen molar-refractivity contribution >= 4 is 5.97 Å². The molecule has 0 heterocycles. The van der Waals surface area contributed by atoms with Gasteiger partial charge < -0.3 is 4.74 Å². The van der Waals surface area contributed by atoms with E-state index in [1.54, 1.807) is 6.92 Å². The summed E-state index contributed by atoms with van der Waals surface area (Å²) in [6.07, 6.45) is 6.47. The van der Waals surface area contributed by atoms with E-state index in [1.165, 1.54) is 6.08 Å². The number of esters is 1. The standard InChI is InChI=1S/C10H14O2/c1-3-8-7-9(8)5-6-10(11)12-4-2/h3,5-6,8-9H,1,4,7H2,2H3/b6-5+/t8-,9-/m1/s1. The summed E-state index contributed by atoms with van der Waals surface area (Å²) >= 11 is 0. The van der Waals surface area contributed by atoms with Gasteiger partial charge in [0.2, 0.25) is 0 Å². The zero-order valence-electron chi connectivity index (χ0n) is 7.32. The largest absolute Gasteiger partial charge is 0.463 e. The molecule has 1 aliphatic rings. The second-order valence-electron chi connectivity index (χ2n) is 2.91. The topological polar surface area (TPSA) is 26.3 Å². The van der Waals surface area contributed by atoms with Gasteiger partial charge in [-0.1, -0.05) is 12.2 Å². The molecule has 2 nitrogen and oxygen atoms in total. The number of hydrogen-bond acceptors (Lipinski definition) is 2. The lowest BCUT2D eigenvalue weighted by Crippen LogP contribution is -1.98. The summed E-state index contributed by atoms with van der Waals surface area (Å²) in [6.45, 7) is 5.93. The fourth-order valence-electron chi connectivity index (χ4n) is 1.12. The molecule has 0 saturated heterocycles. The third-order valence-electron chi connectivity index (χ3n) is 1.96. The van der Waals surface area contributed by atoms with Gasteiger partial charge in [0, 0.05) is 6.08 Å². The maximum atomic E-state index is 10.8. The molecule has 0 aromatic rings. The minimum absolute atomic E-state index is 0.243. The van der Waals surface area contributed by atoms with Crippen LogP contribution in [0, 0.1) is 11.8 Å². The SMILES string of the molecule is C=C[C@@H]1C[C@H]1/C=C/C(=O)OCC. The zero-order chi connectivity index (χ0) is 8.97. The number of allylic oxidation sites excluding steroid dienone is 2. The summed E-state index contributed by atoms with van der Waals surface area (Å²) in [6, 6.07) is 0. The fraction of sp³-hybridized carbons (Fsp3) is 0.500. The third-order valence-corrected chi connectivity index (χ3v) is 1.96. The third kappa shape index (κ3) is 2.53. The first-order valence-electron chi connectivity index (χ1n) is 4.25. The van der Waals surface area contributed by atoms with Gasteiger partial charge >= 0.3 is 5.97 Å². The summed E-state index contributed by atoms with van der Waals surface area (Å²) in [7, 11) is 0. The van der Waals surface area contributed by atoms with Crippen molar-refractivity contribution in [3.8, 4) is 0 Å². The highest BCUT2D eigenvalue weighted by Gasteiger charge is 2.31. The number of hydrogen-bond donors (Lipinski definition) is 0. The molecule has 0 aromatic heterocycles. The van der Waals surface area contributed by atoms with Gasteiger partial charge in [-0.3, -0.25) is 0 Å². The molecule has 1 saturated carbocycles. The van der Waals surface area contributed by atoms with E-state index in [2.05, 4.69) is 6.58 Å². The lowest BCUT2D eigenvalue weighted by molar-refractivity contribution is -0.137. The van der Waals surface area contributed by atoms with Crippen LogP contribution in [0.5, 0.6) is 0 Å². The molecule has 0 bridgehead atoms. The van der Waals surface area contributed by atoms with Crippen LogP contribution in [-0.4, -0.2) is 12.6 Å². The quantitative estimate of drug-likeness (QED) is 0.362. The van der Waals surface area contributed by atoms with Crippen molar-refractivity contribution in [1.82, 2.24) is 0 Å². The van der Waals surface area contributed by atoms with Crippen molar-refractivity contribution in [2.75, 3.05) is 6.61 Å². The Morgan fingerprint density at radius 2 is 2.42 bits per heavy atom. The number of carbonyl (C=O) groups excluding carboxylic acids is 1. The Morgan fingerprint density at radius 1 is 1.67 bits per heavy atom. The molecule has 0 N–H and O–H groups in total. The molecule has 2 atom stereocenters. The van der Waals surface area contributed by atoms with Crippen molar-refractivity contribution < 1.29 is 9.53 Å². The molecule has 1 rings (SSSR count). The van der Waals surface area contributed by atoms with Crippen LogP contribution in [0.25, 0.3) is 0 Å². The average molecular weight is 166 g/mol. The van der Waals surface area contributed by atoms with E-state index in [0.717, 1.165) is 6.42 Å². The Kier molecular flexibility index (Phi) is 3.09. The van der Waals surface area contributed by atoms with Crippen LogP contribution in [-0.2, 0) is 9.53 Å². The summed E-state index contributed by atoms with van der Waals surface area (Å²) in [5.74, 6) is 0.856. The van der Waals surface area contributed by atoms with Crippen LogP contribution in [0.15, 0.2) is 24.8 Å². The van der Waals surface area contributed by atoms with Crippen LogP contribution in [0.2, 0.25) is 0 Å². The van der Waals surface area contributed by atoms with Gasteiger partial charge in [-0.2, -0.15) is 0 Å². The fourth-order valence-corrected chi connectivity index (χ4v) is 1.12. The molecule has 0 radical (unpaired) electrons. The van der Waals surface area contributed by atoms with E-state index in [-0.39, 0.29) is 5.97 Å². The Hall–Kier alpha value is -1.05. The molecule has 1 aliphatic carbocycles. The highest BCUT2D eigenvalue weighted by molar-refractivity contribution is 5.81. The van der Waals surface area contributed by atoms with Crippen LogP contribution in [0.1, 0.15) is 13.3 Å². The monoisotopic (exact) mass is 166 g/mol. The molecular formula is C10H14O2. The zero-order valence-corrected chi connectivity index (χ0v) is 7.32. The maximum Gasteiger partial charge on any atom is 0.330 e. The summed E-state index contributed by atoms with van der Waals surface area (Å²) in [4.78, 5) is 10.8. The van der Waals surface area contributed by atoms with Crippen molar-refractivity contribution in [3.63, 3.8) is 0 Å². The Bertz CT molecular complexity index is 206. The van der Waals surface area contributed by atoms with E-state index in [0.29, 0.717) is 18.4 Å². The molecule has 2 heteroatoms. The Balaban J connectivity index is 2.22. The van der Waals surface area contributed by atoms with Gasteiger partial charge in [0.05, 0.1) is 6.61 Å². The van der Waals surface area contributed by atoms with Gasteiger partial charge in [0.15, 0.2) is 0 Å². The van der Waals surface area contributed by atoms with Crippen LogP contribution >= 0.6 is 0 Å². The number of carbonyl (C=O) groups is 1. The second kappa shape index (κ2) is 4.10. The van der Waals surface area contributed by atoms with Crippen LogP contribution < -0.4 is 0 Å². The molecule has 1 fully saturated rings. The number of rotatable bonds is 4. The lowest BCUT2D eigenvalue weighted by Gasteiger charge is -1.93. The molecule has 0 unspecified atom stereocenters. The minimum Gasteiger partial charge on any atom is -0.463 e. The van der Waals surface area contributed by atoms with E-state index in [1.807, 2.05) is 12.2 Å². The molecule has 0 amide bonds. The first kappa shape index (κ1) is 9.04. The van der Waals surface area contributed by atoms with E-state index in [9.17, 15) is 4.79 Å². The molecule has 0 aliphatic heterocycles. The van der Waals surface area contributed by atoms with Crippen LogP contribution in [0.4, 0.5) is 0 Å². The first-order valence-corrected chi connectivity index (χ1v) is 4.25. The van der Waals surface area contributed by atoms with Gasteiger partial charge in [0.1, 0.15) is 0 Å². The molecule has 0 aromatic carbocycles. The highest BCUT2D eigenvalue weighted by Crippen LogP contribution is 2.40. The minimum atomic E-state index is -0.243. The van der Waals surface area contributed by atoms with Crippen molar-refractivity contribution in [3.05, 3.63) is 24.8 Å².